The predicted octanol–water partition coefficient (Wildman–Crippen LogP) is 4.67. The summed E-state index contributed by atoms with van der Waals surface area (Å²) in [6.07, 6.45) is -0.742. The minimum absolute atomic E-state index is 0.170. The van der Waals surface area contributed by atoms with E-state index in [4.69, 9.17) is 8.92 Å². The van der Waals surface area contributed by atoms with Crippen LogP contribution in [0.5, 0.6) is 11.5 Å². The van der Waals surface area contributed by atoms with Crippen LogP contribution in [0, 0.1) is 0 Å². The average Bonchev–Trinajstić information content (AvgIpc) is 3.52. The number of phenolic OH excluding ortho intramolecular Hbond substituents is 1. The number of aromatic hydroxyl groups is 1. The Morgan fingerprint density at radius 3 is 2.08 bits per heavy atom. The van der Waals surface area contributed by atoms with Gasteiger partial charge in [0, 0.05) is 4.47 Å². The molecular formula is C30H23BrO5SSe. The van der Waals surface area contributed by atoms with Gasteiger partial charge in [-0.3, -0.25) is 0 Å². The van der Waals surface area contributed by atoms with Gasteiger partial charge in [0.05, 0.1) is 0 Å². The third-order valence-electron chi connectivity index (χ3n) is 6.71. The van der Waals surface area contributed by atoms with E-state index in [1.54, 1.807) is 36.4 Å². The summed E-state index contributed by atoms with van der Waals surface area (Å²) in [5, 5.41) is 8.99. The molecule has 2 aliphatic rings. The Hall–Kier alpha value is -2.87. The molecule has 1 saturated heterocycles. The van der Waals surface area contributed by atoms with E-state index in [0.29, 0.717) is 6.42 Å². The Bertz CT molecular complexity index is 1590. The van der Waals surface area contributed by atoms with E-state index in [-0.39, 0.29) is 32.6 Å². The monoisotopic (exact) mass is 654 g/mol. The van der Waals surface area contributed by atoms with Gasteiger partial charge in [-0.1, -0.05) is 15.9 Å². The third-order valence-corrected chi connectivity index (χ3v) is 11.0. The van der Waals surface area contributed by atoms with Crippen LogP contribution in [0.2, 0.25) is 0 Å². The number of phenols is 1. The van der Waals surface area contributed by atoms with Crippen molar-refractivity contribution in [3.05, 3.63) is 119 Å². The quantitative estimate of drug-likeness (QED) is 0.232. The molecule has 5 nitrogen and oxygen atoms in total. The van der Waals surface area contributed by atoms with Gasteiger partial charge in [-0.05, 0) is 0 Å². The van der Waals surface area contributed by atoms with Crippen LogP contribution in [0.3, 0.4) is 0 Å². The fourth-order valence-corrected chi connectivity index (χ4v) is 8.44. The second-order valence-electron chi connectivity index (χ2n) is 9.16. The molecule has 2 heterocycles. The Balaban J connectivity index is 1.36. The number of ether oxygens (including phenoxy) is 1. The molecule has 2 aliphatic heterocycles. The molecule has 4 aromatic rings. The van der Waals surface area contributed by atoms with Crippen molar-refractivity contribution in [2.24, 2.45) is 0 Å². The molecule has 0 aliphatic carbocycles. The molecular weight excluding hydrogens is 631 g/mol. The van der Waals surface area contributed by atoms with E-state index in [0.717, 1.165) is 26.7 Å². The summed E-state index contributed by atoms with van der Waals surface area (Å²) in [5.74, 6) is 0.448. The van der Waals surface area contributed by atoms with Crippen LogP contribution in [-0.4, -0.2) is 45.9 Å². The van der Waals surface area contributed by atoms with Crippen LogP contribution in [0.15, 0.2) is 108 Å². The van der Waals surface area contributed by atoms with E-state index in [1.165, 1.54) is 8.92 Å². The van der Waals surface area contributed by atoms with Gasteiger partial charge in [-0.15, -0.1) is 0 Å². The molecule has 3 atom stereocenters. The topological polar surface area (TPSA) is 72.8 Å². The van der Waals surface area contributed by atoms with Crippen molar-refractivity contribution in [2.75, 3.05) is 0 Å². The standard InChI is InChI=1S/C30H23BrO5SSe/c31-21-10-14-23(15-11-21)36-37(33,34)27-18-26-28(19-6-12-22(32)13-7-19)29(30(27)35-26)20-8-16-25(17-9-20)38-24-4-2-1-3-5-24/h1-17,26-27,30,32H,18H2. The van der Waals surface area contributed by atoms with Gasteiger partial charge in [0.1, 0.15) is 0 Å². The molecule has 0 amide bonds. The van der Waals surface area contributed by atoms with Crippen LogP contribution >= 0.6 is 15.9 Å². The summed E-state index contributed by atoms with van der Waals surface area (Å²) in [6.45, 7) is 0. The predicted molar refractivity (Wildman–Crippen MR) is 154 cm³/mol. The molecule has 38 heavy (non-hydrogen) atoms. The molecule has 3 unspecified atom stereocenters. The van der Waals surface area contributed by atoms with Gasteiger partial charge in [0.2, 0.25) is 0 Å². The van der Waals surface area contributed by atoms with Crippen molar-refractivity contribution in [2.45, 2.75) is 23.9 Å². The van der Waals surface area contributed by atoms with Crippen molar-refractivity contribution in [1.82, 2.24) is 0 Å². The first kappa shape index (κ1) is 25.4. The maximum absolute atomic E-state index is 13.4. The van der Waals surface area contributed by atoms with E-state index in [2.05, 4.69) is 52.3 Å². The van der Waals surface area contributed by atoms with Gasteiger partial charge in [-0.25, -0.2) is 0 Å². The molecule has 0 spiro atoms. The summed E-state index contributed by atoms with van der Waals surface area (Å²) in [6, 6.07) is 32.4. The number of halogens is 1. The van der Waals surface area contributed by atoms with E-state index >= 15 is 0 Å². The Morgan fingerprint density at radius 1 is 0.789 bits per heavy atom. The number of hydrogen-bond donors (Lipinski definition) is 1. The van der Waals surface area contributed by atoms with E-state index in [9.17, 15) is 13.5 Å². The van der Waals surface area contributed by atoms with Crippen molar-refractivity contribution >= 4 is 61.1 Å². The molecule has 192 valence electrons. The second-order valence-corrected chi connectivity index (χ2v) is 14.2. The molecule has 4 aromatic carbocycles. The zero-order valence-corrected chi connectivity index (χ0v) is 24.1. The minimum atomic E-state index is -3.97. The van der Waals surface area contributed by atoms with Crippen LogP contribution in [0.4, 0.5) is 0 Å². The van der Waals surface area contributed by atoms with Crippen molar-refractivity contribution in [1.29, 1.82) is 0 Å². The van der Waals surface area contributed by atoms with Crippen LogP contribution in [0.25, 0.3) is 11.1 Å². The summed E-state index contributed by atoms with van der Waals surface area (Å²) < 4.78 is 42.1. The number of hydrogen-bond acceptors (Lipinski definition) is 5. The first-order valence-corrected chi connectivity index (χ1v) is 16.1. The zero-order chi connectivity index (χ0) is 26.3. The Morgan fingerprint density at radius 2 is 1.39 bits per heavy atom. The molecule has 2 bridgehead atoms. The van der Waals surface area contributed by atoms with Crippen molar-refractivity contribution in [3.8, 4) is 11.5 Å². The average molecular weight is 654 g/mol. The summed E-state index contributed by atoms with van der Waals surface area (Å²) in [5.41, 5.74) is 3.66. The van der Waals surface area contributed by atoms with Gasteiger partial charge >= 0.3 is 217 Å². The molecule has 1 N–H and O–H groups in total. The molecule has 0 aromatic heterocycles. The molecule has 1 fully saturated rings. The number of fused-ring (bicyclic) bond motifs is 2. The fraction of sp³-hybridized carbons (Fsp3) is 0.133. The Kier molecular flexibility index (Phi) is 6.93. The first-order valence-electron chi connectivity index (χ1n) is 12.1. The summed E-state index contributed by atoms with van der Waals surface area (Å²) >= 11 is 3.53. The van der Waals surface area contributed by atoms with Crippen LogP contribution in [-0.2, 0) is 14.9 Å². The normalized spacial score (nSPS) is 20.6. The van der Waals surface area contributed by atoms with Crippen LogP contribution in [0.1, 0.15) is 17.5 Å². The van der Waals surface area contributed by atoms with Gasteiger partial charge in [-0.2, -0.15) is 0 Å². The molecule has 0 radical (unpaired) electrons. The zero-order valence-electron chi connectivity index (χ0n) is 20.0. The van der Waals surface area contributed by atoms with Crippen molar-refractivity contribution < 1.29 is 22.4 Å². The van der Waals surface area contributed by atoms with Gasteiger partial charge in [0.15, 0.2) is 0 Å². The molecule has 6 rings (SSSR count). The number of rotatable bonds is 7. The van der Waals surface area contributed by atoms with E-state index in [1.807, 2.05) is 30.3 Å². The first-order chi connectivity index (χ1) is 18.4. The summed E-state index contributed by atoms with van der Waals surface area (Å²) in [4.78, 5) is 0. The van der Waals surface area contributed by atoms with Crippen LogP contribution < -0.4 is 13.1 Å². The van der Waals surface area contributed by atoms with Gasteiger partial charge in [0.25, 0.3) is 0 Å². The third kappa shape index (κ3) is 5.07. The molecule has 8 heteroatoms. The number of benzene rings is 4. The molecule has 0 saturated carbocycles. The summed E-state index contributed by atoms with van der Waals surface area (Å²) in [7, 11) is -3.97. The maximum atomic E-state index is 13.4. The fourth-order valence-electron chi connectivity index (χ4n) is 5.01. The Labute approximate surface area is 236 Å². The van der Waals surface area contributed by atoms with Gasteiger partial charge < -0.3 is 0 Å². The SMILES string of the molecule is O=S(=O)(Oc1ccc(Br)cc1)C1CC2OC1C(c1ccc([Se]c3ccccc3)cc1)=C2c1ccc(O)cc1. The van der Waals surface area contributed by atoms with E-state index < -0.39 is 21.5 Å². The van der Waals surface area contributed by atoms with Crippen molar-refractivity contribution in [3.63, 3.8) is 0 Å². The second kappa shape index (κ2) is 10.4.